The van der Waals surface area contributed by atoms with Crippen LogP contribution >= 0.6 is 0 Å². The van der Waals surface area contributed by atoms with Crippen LogP contribution in [0.2, 0.25) is 0 Å². The van der Waals surface area contributed by atoms with E-state index in [-0.39, 0.29) is 5.57 Å². The highest BCUT2D eigenvalue weighted by atomic mass is 16.4. The summed E-state index contributed by atoms with van der Waals surface area (Å²) in [5, 5.41) is 18.9. The highest BCUT2D eigenvalue weighted by Gasteiger charge is 2.10. The molecule has 0 spiro atoms. The molecule has 5 nitrogen and oxygen atoms in total. The van der Waals surface area contributed by atoms with E-state index in [1.165, 1.54) is 12.3 Å². The third-order valence-corrected chi connectivity index (χ3v) is 2.04. The van der Waals surface area contributed by atoms with Crippen molar-refractivity contribution in [3.05, 3.63) is 47.8 Å². The number of rotatable bonds is 3. The normalized spacial score (nSPS) is 11.4. The van der Waals surface area contributed by atoms with Gasteiger partial charge in [-0.3, -0.25) is 0 Å². The molecule has 0 radical (unpaired) electrons. The van der Waals surface area contributed by atoms with E-state index in [1.807, 2.05) is 6.07 Å². The van der Waals surface area contributed by atoms with Gasteiger partial charge in [-0.05, 0) is 11.6 Å². The molecule has 0 amide bonds. The van der Waals surface area contributed by atoms with Gasteiger partial charge in [0.2, 0.25) is 0 Å². The number of carboxylic acid groups (broad SMARTS) is 1. The van der Waals surface area contributed by atoms with Crippen molar-refractivity contribution in [1.82, 2.24) is 15.4 Å². The molecule has 0 aliphatic heterocycles. The van der Waals surface area contributed by atoms with Gasteiger partial charge >= 0.3 is 5.97 Å². The predicted octanol–water partition coefficient (Wildman–Crippen LogP) is 1.43. The summed E-state index contributed by atoms with van der Waals surface area (Å²) in [4.78, 5) is 11.1. The van der Waals surface area contributed by atoms with Crippen LogP contribution in [-0.2, 0) is 4.79 Å². The zero-order valence-electron chi connectivity index (χ0n) is 8.29. The smallest absolute Gasteiger partial charge is 0.336 e. The lowest BCUT2D eigenvalue weighted by molar-refractivity contribution is -0.130. The van der Waals surface area contributed by atoms with Gasteiger partial charge in [0, 0.05) is 0 Å². The fourth-order valence-electron chi connectivity index (χ4n) is 1.31. The number of benzene rings is 1. The molecule has 0 unspecified atom stereocenters. The number of hydrogen-bond donors (Lipinski definition) is 2. The minimum absolute atomic E-state index is 0.189. The van der Waals surface area contributed by atoms with Crippen LogP contribution in [0, 0.1) is 0 Å². The Morgan fingerprint density at radius 3 is 2.62 bits per heavy atom. The summed E-state index contributed by atoms with van der Waals surface area (Å²) in [5.41, 5.74) is 1.31. The largest absolute Gasteiger partial charge is 0.478 e. The van der Waals surface area contributed by atoms with E-state index in [0.717, 1.165) is 0 Å². The standard InChI is InChI=1S/C11H9N3O2/c15-11(16)10(6-9-7-12-14-13-9)8-4-2-1-3-5-8/h1-7H,(H,15,16)(H,12,13,14). The summed E-state index contributed by atoms with van der Waals surface area (Å²) in [5.74, 6) is -0.991. The van der Waals surface area contributed by atoms with E-state index >= 15 is 0 Å². The average Bonchev–Trinajstić information content (AvgIpc) is 2.79. The molecule has 5 heteroatoms. The van der Waals surface area contributed by atoms with Crippen molar-refractivity contribution in [2.75, 3.05) is 0 Å². The SMILES string of the molecule is O=C(O)C(=Cc1cn[nH]n1)c1ccccc1. The number of hydrogen-bond acceptors (Lipinski definition) is 3. The fourth-order valence-corrected chi connectivity index (χ4v) is 1.31. The second-order valence-electron chi connectivity index (χ2n) is 3.12. The summed E-state index contributed by atoms with van der Waals surface area (Å²) in [6.45, 7) is 0. The Morgan fingerprint density at radius 1 is 1.31 bits per heavy atom. The van der Waals surface area contributed by atoms with Gasteiger partial charge < -0.3 is 5.11 Å². The molecule has 1 heterocycles. The maximum atomic E-state index is 11.1. The first-order valence-electron chi connectivity index (χ1n) is 4.63. The number of aromatic amines is 1. The maximum absolute atomic E-state index is 11.1. The van der Waals surface area contributed by atoms with E-state index in [0.29, 0.717) is 11.3 Å². The molecule has 0 atom stereocenters. The van der Waals surface area contributed by atoms with E-state index < -0.39 is 5.97 Å². The quantitative estimate of drug-likeness (QED) is 0.759. The Bertz CT molecular complexity index is 503. The molecule has 2 rings (SSSR count). The molecule has 2 aromatic rings. The van der Waals surface area contributed by atoms with Crippen LogP contribution in [0.1, 0.15) is 11.3 Å². The van der Waals surface area contributed by atoms with E-state index in [4.69, 9.17) is 5.11 Å². The van der Waals surface area contributed by atoms with Crippen LogP contribution < -0.4 is 0 Å². The number of carbonyl (C=O) groups is 1. The first-order chi connectivity index (χ1) is 7.77. The molecule has 2 N–H and O–H groups in total. The molecular weight excluding hydrogens is 206 g/mol. The van der Waals surface area contributed by atoms with E-state index in [1.54, 1.807) is 24.3 Å². The first kappa shape index (κ1) is 10.1. The summed E-state index contributed by atoms with van der Waals surface area (Å²) in [6, 6.07) is 8.88. The molecule has 1 aromatic carbocycles. The Hall–Kier alpha value is -2.43. The zero-order valence-corrected chi connectivity index (χ0v) is 8.29. The molecule has 0 aliphatic rings. The highest BCUT2D eigenvalue weighted by molar-refractivity contribution is 6.20. The van der Waals surface area contributed by atoms with Gasteiger partial charge in [0.15, 0.2) is 0 Å². The molecule has 0 fully saturated rings. The second-order valence-corrected chi connectivity index (χ2v) is 3.12. The molecule has 80 valence electrons. The number of aromatic nitrogens is 3. The third kappa shape index (κ3) is 2.14. The Balaban J connectivity index is 2.43. The minimum Gasteiger partial charge on any atom is -0.478 e. The van der Waals surface area contributed by atoms with Gasteiger partial charge in [0.05, 0.1) is 11.8 Å². The van der Waals surface area contributed by atoms with Crippen molar-refractivity contribution in [2.45, 2.75) is 0 Å². The zero-order chi connectivity index (χ0) is 11.4. The third-order valence-electron chi connectivity index (χ3n) is 2.04. The summed E-state index contributed by atoms with van der Waals surface area (Å²) in [6.07, 6.45) is 2.94. The fraction of sp³-hybridized carbons (Fsp3) is 0. The second kappa shape index (κ2) is 4.39. The molecule has 0 aliphatic carbocycles. The summed E-state index contributed by atoms with van der Waals surface area (Å²) in [7, 11) is 0. The average molecular weight is 215 g/mol. The Kier molecular flexibility index (Phi) is 2.77. The van der Waals surface area contributed by atoms with Crippen LogP contribution in [0.3, 0.4) is 0 Å². The molecule has 0 bridgehead atoms. The van der Waals surface area contributed by atoms with Crippen molar-refractivity contribution in [2.24, 2.45) is 0 Å². The predicted molar refractivity (Wildman–Crippen MR) is 58.3 cm³/mol. The summed E-state index contributed by atoms with van der Waals surface area (Å²) >= 11 is 0. The molecule has 1 aromatic heterocycles. The van der Waals surface area contributed by atoms with E-state index in [2.05, 4.69) is 15.4 Å². The van der Waals surface area contributed by atoms with Crippen molar-refractivity contribution in [3.8, 4) is 0 Å². The molecular formula is C11H9N3O2. The van der Waals surface area contributed by atoms with Crippen LogP contribution in [0.5, 0.6) is 0 Å². The van der Waals surface area contributed by atoms with Crippen LogP contribution in [0.15, 0.2) is 36.5 Å². The highest BCUT2D eigenvalue weighted by Crippen LogP contribution is 2.16. The monoisotopic (exact) mass is 215 g/mol. The minimum atomic E-state index is -0.991. The van der Waals surface area contributed by atoms with Gasteiger partial charge in [0.1, 0.15) is 5.69 Å². The maximum Gasteiger partial charge on any atom is 0.336 e. The van der Waals surface area contributed by atoms with Crippen molar-refractivity contribution in [1.29, 1.82) is 0 Å². The molecule has 0 saturated carbocycles. The van der Waals surface area contributed by atoms with Crippen molar-refractivity contribution >= 4 is 17.6 Å². The van der Waals surface area contributed by atoms with Crippen LogP contribution in [0.4, 0.5) is 0 Å². The molecule has 0 saturated heterocycles. The van der Waals surface area contributed by atoms with Gasteiger partial charge in [-0.2, -0.15) is 15.4 Å². The van der Waals surface area contributed by atoms with Gasteiger partial charge in [0.25, 0.3) is 0 Å². The first-order valence-corrected chi connectivity index (χ1v) is 4.63. The van der Waals surface area contributed by atoms with Gasteiger partial charge in [-0.25, -0.2) is 4.79 Å². The number of H-pyrrole nitrogens is 1. The number of nitrogens with zero attached hydrogens (tertiary/aromatic N) is 2. The Labute approximate surface area is 91.4 Å². The number of aliphatic carboxylic acids is 1. The number of nitrogens with one attached hydrogen (secondary N) is 1. The summed E-state index contributed by atoms with van der Waals surface area (Å²) < 4.78 is 0. The Morgan fingerprint density at radius 2 is 2.06 bits per heavy atom. The van der Waals surface area contributed by atoms with Crippen LogP contribution in [-0.4, -0.2) is 26.5 Å². The van der Waals surface area contributed by atoms with E-state index in [9.17, 15) is 4.79 Å². The van der Waals surface area contributed by atoms with Crippen molar-refractivity contribution < 1.29 is 9.90 Å². The lowest BCUT2D eigenvalue weighted by atomic mass is 10.1. The molecule has 16 heavy (non-hydrogen) atoms. The van der Waals surface area contributed by atoms with Crippen LogP contribution in [0.25, 0.3) is 11.6 Å². The topological polar surface area (TPSA) is 78.9 Å². The lowest BCUT2D eigenvalue weighted by Gasteiger charge is -2.00. The number of carboxylic acids is 1. The van der Waals surface area contributed by atoms with Gasteiger partial charge in [-0.15, -0.1) is 0 Å². The lowest BCUT2D eigenvalue weighted by Crippen LogP contribution is -1.99. The van der Waals surface area contributed by atoms with Gasteiger partial charge in [-0.1, -0.05) is 30.3 Å². The van der Waals surface area contributed by atoms with Crippen molar-refractivity contribution in [3.63, 3.8) is 0 Å².